The van der Waals surface area contributed by atoms with Crippen LogP contribution >= 0.6 is 0 Å². The van der Waals surface area contributed by atoms with E-state index in [1.165, 1.54) is 0 Å². The van der Waals surface area contributed by atoms with E-state index < -0.39 is 5.60 Å². The maximum Gasteiger partial charge on any atom is 0.407 e. The van der Waals surface area contributed by atoms with Crippen LogP contribution in [-0.2, 0) is 4.74 Å². The molecule has 0 radical (unpaired) electrons. The number of rotatable bonds is 3. The van der Waals surface area contributed by atoms with E-state index in [9.17, 15) is 4.79 Å². The average Bonchev–Trinajstić information content (AvgIpc) is 2.24. The zero-order valence-corrected chi connectivity index (χ0v) is 11.2. The Labute approximate surface area is 104 Å². The number of alkyl carbamates (subject to hydrolysis) is 1. The molecule has 1 aliphatic carbocycles. The lowest BCUT2D eigenvalue weighted by atomic mass is 9.82. The summed E-state index contributed by atoms with van der Waals surface area (Å²) in [7, 11) is 0. The second kappa shape index (κ2) is 6.24. The summed E-state index contributed by atoms with van der Waals surface area (Å²) in [4.78, 5) is 11.5. The van der Waals surface area contributed by atoms with Gasteiger partial charge in [-0.15, -0.1) is 0 Å². The number of aliphatic hydroxyl groups excluding tert-OH is 1. The summed E-state index contributed by atoms with van der Waals surface area (Å²) in [5, 5.41) is 11.9. The molecule has 0 aliphatic heterocycles. The Morgan fingerprint density at radius 2 is 2.00 bits per heavy atom. The van der Waals surface area contributed by atoms with Gasteiger partial charge in [-0.25, -0.2) is 4.79 Å². The van der Waals surface area contributed by atoms with Crippen LogP contribution in [0.1, 0.15) is 46.5 Å². The van der Waals surface area contributed by atoms with Crippen LogP contribution in [0.2, 0.25) is 0 Å². The predicted octanol–water partition coefficient (Wildman–Crippen LogP) is 2.31. The first-order chi connectivity index (χ1) is 7.90. The summed E-state index contributed by atoms with van der Waals surface area (Å²) < 4.78 is 5.18. The molecule has 1 aliphatic rings. The van der Waals surface area contributed by atoms with Crippen LogP contribution in [0.5, 0.6) is 0 Å². The largest absolute Gasteiger partial charge is 0.444 e. The molecule has 2 atom stereocenters. The van der Waals surface area contributed by atoms with E-state index in [4.69, 9.17) is 9.84 Å². The van der Waals surface area contributed by atoms with Gasteiger partial charge in [0.25, 0.3) is 0 Å². The quantitative estimate of drug-likeness (QED) is 0.799. The Bertz CT molecular complexity index is 248. The van der Waals surface area contributed by atoms with E-state index >= 15 is 0 Å². The van der Waals surface area contributed by atoms with Gasteiger partial charge in [0.05, 0.1) is 0 Å². The molecular weight excluding hydrogens is 218 g/mol. The fraction of sp³-hybridized carbons (Fsp3) is 0.923. The third-order valence-electron chi connectivity index (χ3n) is 3.08. The van der Waals surface area contributed by atoms with Crippen molar-refractivity contribution in [2.45, 2.75) is 52.1 Å². The van der Waals surface area contributed by atoms with Crippen LogP contribution in [0.25, 0.3) is 0 Å². The summed E-state index contributed by atoms with van der Waals surface area (Å²) in [6.45, 7) is 6.49. The van der Waals surface area contributed by atoms with E-state index in [0.717, 1.165) is 25.7 Å². The van der Waals surface area contributed by atoms with Crippen LogP contribution in [-0.4, -0.2) is 30.0 Å². The van der Waals surface area contributed by atoms with Gasteiger partial charge in [0.15, 0.2) is 0 Å². The summed E-state index contributed by atoms with van der Waals surface area (Å²) in [5.74, 6) is 0.891. The predicted molar refractivity (Wildman–Crippen MR) is 66.8 cm³/mol. The van der Waals surface area contributed by atoms with Crippen molar-refractivity contribution in [1.82, 2.24) is 5.32 Å². The Hall–Kier alpha value is -0.770. The maximum absolute atomic E-state index is 11.5. The minimum Gasteiger partial charge on any atom is -0.444 e. The van der Waals surface area contributed by atoms with Gasteiger partial charge in [-0.05, 0) is 51.9 Å². The lowest BCUT2D eigenvalue weighted by Gasteiger charge is -2.28. The minimum absolute atomic E-state index is 0.267. The standard InChI is InChI=1S/C13H25NO3/c1-13(2,3)17-12(16)14-8-10-5-4-6-11(7-10)9-15/h10-11,15H,4-9H2,1-3H3,(H,14,16)/t10-,11+/m0/s1. The van der Waals surface area contributed by atoms with Crippen molar-refractivity contribution in [3.05, 3.63) is 0 Å². The summed E-state index contributed by atoms with van der Waals surface area (Å²) in [6.07, 6.45) is 4.05. The highest BCUT2D eigenvalue weighted by atomic mass is 16.6. The van der Waals surface area contributed by atoms with Gasteiger partial charge < -0.3 is 15.2 Å². The molecule has 0 unspecified atom stereocenters. The van der Waals surface area contributed by atoms with E-state index in [1.807, 2.05) is 20.8 Å². The Balaban J connectivity index is 2.23. The molecular formula is C13H25NO3. The number of carbonyl (C=O) groups is 1. The van der Waals surface area contributed by atoms with Crippen molar-refractivity contribution >= 4 is 6.09 Å². The van der Waals surface area contributed by atoms with Crippen LogP contribution in [0.3, 0.4) is 0 Å². The molecule has 0 aromatic heterocycles. The van der Waals surface area contributed by atoms with Crippen LogP contribution in [0, 0.1) is 11.8 Å². The third kappa shape index (κ3) is 5.91. The zero-order chi connectivity index (χ0) is 12.9. The molecule has 17 heavy (non-hydrogen) atoms. The second-order valence-electron chi connectivity index (χ2n) is 5.96. The number of aliphatic hydroxyl groups is 1. The molecule has 0 bridgehead atoms. The van der Waals surface area contributed by atoms with Crippen LogP contribution in [0.15, 0.2) is 0 Å². The van der Waals surface area contributed by atoms with Gasteiger partial charge in [0, 0.05) is 13.2 Å². The molecule has 1 saturated carbocycles. The van der Waals surface area contributed by atoms with Gasteiger partial charge in [-0.1, -0.05) is 6.42 Å². The first-order valence-electron chi connectivity index (χ1n) is 6.48. The molecule has 1 rings (SSSR count). The summed E-state index contributed by atoms with van der Waals surface area (Å²) in [6, 6.07) is 0. The smallest absolute Gasteiger partial charge is 0.407 e. The van der Waals surface area contributed by atoms with Crippen molar-refractivity contribution in [3.8, 4) is 0 Å². The van der Waals surface area contributed by atoms with E-state index in [0.29, 0.717) is 18.4 Å². The molecule has 0 spiro atoms. The molecule has 0 aromatic rings. The van der Waals surface area contributed by atoms with Crippen molar-refractivity contribution < 1.29 is 14.6 Å². The number of hydrogen-bond acceptors (Lipinski definition) is 3. The molecule has 1 fully saturated rings. The fourth-order valence-electron chi connectivity index (χ4n) is 2.30. The minimum atomic E-state index is -0.440. The molecule has 2 N–H and O–H groups in total. The average molecular weight is 243 g/mol. The molecule has 1 amide bonds. The molecule has 4 heteroatoms. The summed E-state index contributed by atoms with van der Waals surface area (Å²) >= 11 is 0. The van der Waals surface area contributed by atoms with Crippen LogP contribution in [0.4, 0.5) is 4.79 Å². The van der Waals surface area contributed by atoms with Crippen molar-refractivity contribution in [1.29, 1.82) is 0 Å². The Morgan fingerprint density at radius 1 is 1.35 bits per heavy atom. The highest BCUT2D eigenvalue weighted by molar-refractivity contribution is 5.67. The highest BCUT2D eigenvalue weighted by Crippen LogP contribution is 2.28. The molecule has 0 saturated heterocycles. The number of carbonyl (C=O) groups excluding carboxylic acids is 1. The first-order valence-corrected chi connectivity index (χ1v) is 6.48. The van der Waals surface area contributed by atoms with Crippen LogP contribution < -0.4 is 5.32 Å². The molecule has 0 aromatic carbocycles. The Morgan fingerprint density at radius 3 is 2.59 bits per heavy atom. The van der Waals surface area contributed by atoms with Gasteiger partial charge in [-0.3, -0.25) is 0 Å². The monoisotopic (exact) mass is 243 g/mol. The lowest BCUT2D eigenvalue weighted by Crippen LogP contribution is -2.36. The molecule has 100 valence electrons. The third-order valence-corrected chi connectivity index (χ3v) is 3.08. The highest BCUT2D eigenvalue weighted by Gasteiger charge is 2.22. The maximum atomic E-state index is 11.5. The second-order valence-corrected chi connectivity index (χ2v) is 5.96. The van der Waals surface area contributed by atoms with E-state index in [-0.39, 0.29) is 12.7 Å². The van der Waals surface area contributed by atoms with Crippen molar-refractivity contribution in [2.24, 2.45) is 11.8 Å². The normalized spacial score (nSPS) is 25.4. The van der Waals surface area contributed by atoms with E-state index in [2.05, 4.69) is 5.32 Å². The van der Waals surface area contributed by atoms with Gasteiger partial charge in [0.1, 0.15) is 5.60 Å². The fourth-order valence-corrected chi connectivity index (χ4v) is 2.30. The van der Waals surface area contributed by atoms with E-state index in [1.54, 1.807) is 0 Å². The Kier molecular flexibility index (Phi) is 5.25. The first kappa shape index (κ1) is 14.3. The number of amides is 1. The molecule has 0 heterocycles. The van der Waals surface area contributed by atoms with Gasteiger partial charge in [-0.2, -0.15) is 0 Å². The topological polar surface area (TPSA) is 58.6 Å². The molecule has 4 nitrogen and oxygen atoms in total. The SMILES string of the molecule is CC(C)(C)OC(=O)NC[C@H]1CCC[C@@H](CO)C1. The van der Waals surface area contributed by atoms with Crippen molar-refractivity contribution in [2.75, 3.05) is 13.2 Å². The summed E-state index contributed by atoms with van der Waals surface area (Å²) in [5.41, 5.74) is -0.440. The number of nitrogens with one attached hydrogen (secondary N) is 1. The zero-order valence-electron chi connectivity index (χ0n) is 11.2. The number of ether oxygens (including phenoxy) is 1. The van der Waals surface area contributed by atoms with Crippen molar-refractivity contribution in [3.63, 3.8) is 0 Å². The van der Waals surface area contributed by atoms with Gasteiger partial charge in [0.2, 0.25) is 0 Å². The lowest BCUT2D eigenvalue weighted by molar-refractivity contribution is 0.0509. The van der Waals surface area contributed by atoms with Gasteiger partial charge >= 0.3 is 6.09 Å². The number of hydrogen-bond donors (Lipinski definition) is 2.